The van der Waals surface area contributed by atoms with Crippen LogP contribution in [0.5, 0.6) is 0 Å². The Morgan fingerprint density at radius 3 is 2.30 bits per heavy atom. The van der Waals surface area contributed by atoms with Gasteiger partial charge in [0.15, 0.2) is 0 Å². The first kappa shape index (κ1) is 17.0. The van der Waals surface area contributed by atoms with E-state index in [-0.39, 0.29) is 11.7 Å². The lowest BCUT2D eigenvalue weighted by Gasteiger charge is -2.15. The van der Waals surface area contributed by atoms with Gasteiger partial charge in [0, 0.05) is 17.3 Å². The summed E-state index contributed by atoms with van der Waals surface area (Å²) in [6.07, 6.45) is 2.78. The minimum absolute atomic E-state index is 0.00865. The highest BCUT2D eigenvalue weighted by Crippen LogP contribution is 2.45. The number of hydrogen-bond donors (Lipinski definition) is 2. The van der Waals surface area contributed by atoms with Crippen molar-refractivity contribution in [3.63, 3.8) is 0 Å². The number of nitrogens with one attached hydrogen (secondary N) is 1. The molecule has 0 amide bonds. The number of hydrogen-bond acceptors (Lipinski definition) is 4. The van der Waals surface area contributed by atoms with Crippen molar-refractivity contribution >= 4 is 23.5 Å². The van der Waals surface area contributed by atoms with Gasteiger partial charge in [-0.2, -0.15) is 0 Å². The van der Waals surface area contributed by atoms with Gasteiger partial charge in [-0.15, -0.1) is 0 Å². The highest BCUT2D eigenvalue weighted by atomic mass is 16.6. The third-order valence-electron chi connectivity index (χ3n) is 4.75. The number of fused-ring (bicyclic) bond motifs is 1. The van der Waals surface area contributed by atoms with E-state index in [2.05, 4.69) is 5.32 Å². The largest absolute Gasteiger partial charge is 0.386 e. The molecule has 4 rings (SSSR count). The molecule has 2 atom stereocenters. The maximum Gasteiger partial charge on any atom is 0.278 e. The Balaban J connectivity index is 1.72. The second-order valence-corrected chi connectivity index (χ2v) is 6.48. The molecule has 27 heavy (non-hydrogen) atoms. The summed E-state index contributed by atoms with van der Waals surface area (Å²) in [6, 6.07) is 22.1. The van der Waals surface area contributed by atoms with Gasteiger partial charge in [0.25, 0.3) is 5.69 Å². The molecule has 1 aliphatic heterocycles. The molecule has 1 aliphatic rings. The number of nitro groups is 1. The predicted molar refractivity (Wildman–Crippen MR) is 106 cm³/mol. The average Bonchev–Trinajstić information content (AvgIpc) is 3.03. The number of nitro benzene ring substituents is 1. The van der Waals surface area contributed by atoms with Crippen LogP contribution < -0.4 is 5.32 Å². The Morgan fingerprint density at radius 2 is 1.63 bits per heavy atom. The van der Waals surface area contributed by atoms with Crippen molar-refractivity contribution in [2.24, 2.45) is 0 Å². The van der Waals surface area contributed by atoms with Crippen LogP contribution in [0.25, 0.3) is 12.2 Å². The molecule has 0 saturated carbocycles. The van der Waals surface area contributed by atoms with Crippen LogP contribution in [0.3, 0.4) is 0 Å². The molecule has 134 valence electrons. The minimum atomic E-state index is -0.771. The van der Waals surface area contributed by atoms with E-state index in [9.17, 15) is 15.2 Å². The zero-order valence-corrected chi connectivity index (χ0v) is 14.4. The minimum Gasteiger partial charge on any atom is -0.386 e. The number of aliphatic hydroxyl groups is 1. The first-order valence-corrected chi connectivity index (χ1v) is 8.68. The molecular formula is C22H18N2O3. The summed E-state index contributed by atoms with van der Waals surface area (Å²) in [6.45, 7) is 0. The van der Waals surface area contributed by atoms with Crippen LogP contribution in [-0.4, -0.2) is 10.0 Å². The van der Waals surface area contributed by atoms with Crippen LogP contribution in [0.2, 0.25) is 0 Å². The molecule has 0 spiro atoms. The van der Waals surface area contributed by atoms with Gasteiger partial charge in [-0.3, -0.25) is 10.1 Å². The lowest BCUT2D eigenvalue weighted by molar-refractivity contribution is -0.385. The number of benzene rings is 3. The quantitative estimate of drug-likeness (QED) is 0.392. The van der Waals surface area contributed by atoms with Gasteiger partial charge in [0.05, 0.1) is 16.5 Å². The zero-order chi connectivity index (χ0) is 18.8. The van der Waals surface area contributed by atoms with Crippen LogP contribution in [0, 0.1) is 10.1 Å². The SMILES string of the molecule is O=[N+]([O-])c1cc2c(cc1/C=C/c1ccccc1)[C@H](O)[C@H](c1ccccc1)N2. The summed E-state index contributed by atoms with van der Waals surface area (Å²) in [4.78, 5) is 11.2. The van der Waals surface area contributed by atoms with E-state index in [0.29, 0.717) is 16.8 Å². The van der Waals surface area contributed by atoms with Crippen molar-refractivity contribution in [3.05, 3.63) is 105 Å². The van der Waals surface area contributed by atoms with E-state index in [0.717, 1.165) is 11.1 Å². The second kappa shape index (κ2) is 7.05. The van der Waals surface area contributed by atoms with Gasteiger partial charge < -0.3 is 10.4 Å². The van der Waals surface area contributed by atoms with E-state index < -0.39 is 11.0 Å². The Kier molecular flexibility index (Phi) is 4.44. The fraction of sp³-hybridized carbons (Fsp3) is 0.0909. The lowest BCUT2D eigenvalue weighted by atomic mass is 9.98. The average molecular weight is 358 g/mol. The Bertz CT molecular complexity index is 1000. The third kappa shape index (κ3) is 3.32. The summed E-state index contributed by atoms with van der Waals surface area (Å²) in [5.41, 5.74) is 3.63. The topological polar surface area (TPSA) is 75.4 Å². The second-order valence-electron chi connectivity index (χ2n) is 6.48. The van der Waals surface area contributed by atoms with Crippen LogP contribution in [0.15, 0.2) is 72.8 Å². The van der Waals surface area contributed by atoms with Crippen molar-refractivity contribution in [1.82, 2.24) is 0 Å². The van der Waals surface area contributed by atoms with Crippen molar-refractivity contribution in [2.75, 3.05) is 5.32 Å². The first-order valence-electron chi connectivity index (χ1n) is 8.68. The number of nitrogens with zero attached hydrogens (tertiary/aromatic N) is 1. The number of aliphatic hydroxyl groups excluding tert-OH is 1. The van der Waals surface area contributed by atoms with Crippen LogP contribution in [0.1, 0.15) is 34.4 Å². The molecular weight excluding hydrogens is 340 g/mol. The fourth-order valence-electron chi connectivity index (χ4n) is 3.39. The Hall–Kier alpha value is -3.44. The monoisotopic (exact) mass is 358 g/mol. The molecule has 1 heterocycles. The standard InChI is InChI=1S/C22H18N2O3/c25-22-18-13-17(12-11-15-7-3-1-4-8-15)20(24(26)27)14-19(18)23-21(22)16-9-5-2-6-10-16/h1-14,21-23,25H/b12-11+/t21-,22-/m0/s1. The molecule has 0 saturated heterocycles. The molecule has 5 nitrogen and oxygen atoms in total. The summed E-state index contributed by atoms with van der Waals surface area (Å²) in [7, 11) is 0. The molecule has 0 unspecified atom stereocenters. The summed E-state index contributed by atoms with van der Waals surface area (Å²) < 4.78 is 0. The predicted octanol–water partition coefficient (Wildman–Crippen LogP) is 4.97. The zero-order valence-electron chi connectivity index (χ0n) is 14.4. The fourth-order valence-corrected chi connectivity index (χ4v) is 3.39. The van der Waals surface area contributed by atoms with Crippen molar-refractivity contribution in [2.45, 2.75) is 12.1 Å². The van der Waals surface area contributed by atoms with Gasteiger partial charge in [0.1, 0.15) is 6.10 Å². The molecule has 0 aromatic heterocycles. The van der Waals surface area contributed by atoms with E-state index >= 15 is 0 Å². The normalized spacial score (nSPS) is 18.3. The van der Waals surface area contributed by atoms with E-state index in [1.807, 2.05) is 66.7 Å². The van der Waals surface area contributed by atoms with Gasteiger partial charge in [-0.25, -0.2) is 0 Å². The molecule has 0 aliphatic carbocycles. The summed E-state index contributed by atoms with van der Waals surface area (Å²) >= 11 is 0. The highest BCUT2D eigenvalue weighted by Gasteiger charge is 2.33. The van der Waals surface area contributed by atoms with Crippen LogP contribution >= 0.6 is 0 Å². The maximum absolute atomic E-state index is 11.5. The molecule has 3 aromatic rings. The van der Waals surface area contributed by atoms with Gasteiger partial charge in [0.2, 0.25) is 0 Å². The smallest absolute Gasteiger partial charge is 0.278 e. The summed E-state index contributed by atoms with van der Waals surface area (Å²) in [5, 5.41) is 25.5. The third-order valence-corrected chi connectivity index (χ3v) is 4.75. The van der Waals surface area contributed by atoms with Crippen molar-refractivity contribution < 1.29 is 10.0 Å². The lowest BCUT2D eigenvalue weighted by Crippen LogP contribution is -2.10. The van der Waals surface area contributed by atoms with E-state index in [4.69, 9.17) is 0 Å². The maximum atomic E-state index is 11.5. The van der Waals surface area contributed by atoms with E-state index in [1.54, 1.807) is 12.1 Å². The highest BCUT2D eigenvalue weighted by molar-refractivity contribution is 5.78. The summed E-state index contributed by atoms with van der Waals surface area (Å²) in [5.74, 6) is 0. The van der Waals surface area contributed by atoms with Gasteiger partial charge >= 0.3 is 0 Å². The molecule has 0 bridgehead atoms. The van der Waals surface area contributed by atoms with Crippen LogP contribution in [-0.2, 0) is 0 Å². The molecule has 5 heteroatoms. The number of rotatable bonds is 4. The van der Waals surface area contributed by atoms with Crippen molar-refractivity contribution in [1.29, 1.82) is 0 Å². The number of anilines is 1. The van der Waals surface area contributed by atoms with Crippen molar-refractivity contribution in [3.8, 4) is 0 Å². The molecule has 3 aromatic carbocycles. The first-order chi connectivity index (χ1) is 13.1. The van der Waals surface area contributed by atoms with Gasteiger partial charge in [-0.1, -0.05) is 66.7 Å². The van der Waals surface area contributed by atoms with E-state index in [1.165, 1.54) is 6.07 Å². The Morgan fingerprint density at radius 1 is 0.963 bits per heavy atom. The molecule has 0 radical (unpaired) electrons. The molecule has 0 fully saturated rings. The molecule has 2 N–H and O–H groups in total. The Labute approximate surface area is 156 Å². The van der Waals surface area contributed by atoms with Crippen LogP contribution in [0.4, 0.5) is 11.4 Å². The van der Waals surface area contributed by atoms with Gasteiger partial charge in [-0.05, 0) is 23.3 Å².